The van der Waals surface area contributed by atoms with Crippen LogP contribution in [0.25, 0.3) is 76.8 Å². The number of nitrogens with zero attached hydrogens (tertiary/aromatic N) is 10. The molecule has 634 valence electrons. The van der Waals surface area contributed by atoms with Crippen molar-refractivity contribution < 1.29 is 57.8 Å². The number of hydrogen-bond acceptors (Lipinski definition) is 17. The molecule has 29 heteroatoms. The summed E-state index contributed by atoms with van der Waals surface area (Å²) in [5.41, 5.74) is 10.4. The number of carbonyl (C=O) groups excluding carboxylic acids is 5. The van der Waals surface area contributed by atoms with Crippen molar-refractivity contribution in [3.8, 4) is 28.0 Å². The highest BCUT2D eigenvalue weighted by atomic mass is 79.9. The number of hydrogen-bond donors (Lipinski definition) is 4. The molecule has 2 aliphatic heterocycles. The molecule has 7 fully saturated rings. The number of H-pyrrole nitrogens is 1. The predicted octanol–water partition coefficient (Wildman–Crippen LogP) is 19.2. The molecule has 5 aromatic heterocycles. The van der Waals surface area contributed by atoms with Gasteiger partial charge in [0, 0.05) is 76.7 Å². The van der Waals surface area contributed by atoms with Crippen LogP contribution in [-0.4, -0.2) is 156 Å². The van der Waals surface area contributed by atoms with E-state index >= 15 is 0 Å². The van der Waals surface area contributed by atoms with Gasteiger partial charge in [0.15, 0.2) is 0 Å². The quantitative estimate of drug-likeness (QED) is 0.0171. The van der Waals surface area contributed by atoms with Crippen LogP contribution < -0.4 is 15.5 Å². The Hall–Kier alpha value is -10.9. The monoisotopic (exact) mass is 1880 g/mol. The molecule has 0 spiro atoms. The maximum atomic E-state index is 13.2. The van der Waals surface area contributed by atoms with Crippen molar-refractivity contribution in [2.24, 2.45) is 0 Å². The van der Waals surface area contributed by atoms with Crippen molar-refractivity contribution in [1.82, 2.24) is 59.5 Å². The third kappa shape index (κ3) is 20.8. The van der Waals surface area contributed by atoms with Crippen molar-refractivity contribution in [2.75, 3.05) is 26.2 Å². The molecule has 1 unspecified atom stereocenters. The van der Waals surface area contributed by atoms with E-state index in [0.29, 0.717) is 52.6 Å². The minimum Gasteiger partial charge on any atom is -0.489 e. The maximum Gasteiger partial charge on any atom is 0.497 e. The number of esters is 1. The van der Waals surface area contributed by atoms with Gasteiger partial charge in [0.2, 0.25) is 11.4 Å². The number of aliphatic hydroxyl groups excluding tert-OH is 1. The number of ether oxygens (including phenoxy) is 2. The van der Waals surface area contributed by atoms with Crippen LogP contribution in [0.2, 0.25) is 5.02 Å². The molecule has 5 aliphatic carbocycles. The van der Waals surface area contributed by atoms with Gasteiger partial charge in [0.1, 0.15) is 17.5 Å². The normalized spacial score (nSPS) is 17.5. The summed E-state index contributed by atoms with van der Waals surface area (Å²) >= 11 is 16.8. The van der Waals surface area contributed by atoms with Gasteiger partial charge < -0.3 is 39.2 Å². The number of fused-ring (bicyclic) bond motifs is 5. The van der Waals surface area contributed by atoms with E-state index in [1.54, 1.807) is 85.8 Å². The first kappa shape index (κ1) is 86.6. The van der Waals surface area contributed by atoms with Gasteiger partial charge >= 0.3 is 19.1 Å². The summed E-state index contributed by atoms with van der Waals surface area (Å²) in [5.74, 6) is -4.64. The standard InChI is InChI=1S/C34H35ClN4O4.C18H14N2O3.C16H20BO5.2C10H9BrN2.C7H5BrN2/c35-28-17-24(9-14-31(28)43-27-12-13-27)32(40)29(20-38-15-1-2-16-38)37-34(42)33(41)22-5-3-21(4-6-22)23-7-8-25-19-36-39(26-10-11-26)30(25)18-23;21-17(18(22)23)12-3-1-11(2-4-12)13-5-6-14-10-19-20(15-7-8-15)16(14)9-13;1-6-20-14(19)13(18)11-7-9-12(10-8-11)17-21-15(2,3)16(4,5)22-17;11-8-2-1-7-6-13(9-3-4-9)12-10(7)5-8;11-8-2-1-7-6-12-13(9-3-4-9)10(7)5-8;8-6-2-1-5-4-9-10-7(5)3-6/h3-9,14,17-19,26-27,29,32,40H,1-2,10-13,15-16,20H2,(H,37,42);1-6,9-10,15H,7-8H2,(H,22,23);7-10H,2,6H2,1,3-5H3;2*1-2,5-6,9H,3-4H2;1-4H,(H,9,10)/q;;+1;;;/t29-,32-;;;;;/m1...../s1. The molecule has 5 saturated carbocycles. The minimum absolute atomic E-state index is 0.170. The third-order valence-corrected chi connectivity index (χ3v) is 24.8. The lowest BCUT2D eigenvalue weighted by molar-refractivity contribution is -0.137. The molecule has 0 bridgehead atoms. The third-order valence-electron chi connectivity index (χ3n) is 23.0. The fourth-order valence-corrected chi connectivity index (χ4v) is 16.0. The lowest BCUT2D eigenvalue weighted by atomic mass is 9.78. The highest BCUT2D eigenvalue weighted by Gasteiger charge is 2.57. The smallest absolute Gasteiger partial charge is 0.489 e. The maximum absolute atomic E-state index is 13.2. The van der Waals surface area contributed by atoms with Gasteiger partial charge in [-0.1, -0.05) is 181 Å². The second kappa shape index (κ2) is 37.5. The largest absolute Gasteiger partial charge is 0.497 e. The number of carbonyl (C=O) groups is 6. The molecule has 124 heavy (non-hydrogen) atoms. The molecule has 9 aromatic carbocycles. The number of aliphatic carboxylic acids is 1. The van der Waals surface area contributed by atoms with Crippen LogP contribution in [0.1, 0.15) is 172 Å². The number of halogens is 4. The van der Waals surface area contributed by atoms with Gasteiger partial charge in [-0.15, -0.1) is 0 Å². The Balaban J connectivity index is 0.000000119. The highest BCUT2D eigenvalue weighted by Crippen LogP contribution is 2.43. The summed E-state index contributed by atoms with van der Waals surface area (Å²) < 4.78 is 33.9. The number of amides is 1. The zero-order chi connectivity index (χ0) is 86.7. The highest BCUT2D eigenvalue weighted by molar-refractivity contribution is 9.11. The summed E-state index contributed by atoms with van der Waals surface area (Å²) in [6, 6.07) is 58.0. The average molecular weight is 1880 g/mol. The molecule has 2 saturated heterocycles. The second-order valence-corrected chi connectivity index (χ2v) is 36.1. The number of aromatic nitrogens is 10. The first-order valence-corrected chi connectivity index (χ1v) is 44.6. The molecule has 1 amide bonds. The Labute approximate surface area is 746 Å². The topological polar surface area (TPSA) is 295 Å². The van der Waals surface area contributed by atoms with Crippen LogP contribution in [0.3, 0.4) is 0 Å². The number of rotatable bonds is 21. The Kier molecular flexibility index (Phi) is 26.2. The van der Waals surface area contributed by atoms with Crippen LogP contribution in [0.15, 0.2) is 226 Å². The molecule has 21 rings (SSSR count). The summed E-state index contributed by atoms with van der Waals surface area (Å²) in [6.07, 6.45) is 22.8. The summed E-state index contributed by atoms with van der Waals surface area (Å²) in [4.78, 5) is 74.1. The number of benzene rings is 9. The molecule has 24 nitrogen and oxygen atoms in total. The Morgan fingerprint density at radius 2 is 1.06 bits per heavy atom. The zero-order valence-electron chi connectivity index (χ0n) is 68.8. The summed E-state index contributed by atoms with van der Waals surface area (Å²) in [7, 11) is -0.552. The molecule has 3 atom stereocenters. The molecular formula is C95H92BBr3ClN12O12+. The Morgan fingerprint density at radius 3 is 1.58 bits per heavy atom. The number of aromatic amines is 1. The molecule has 7 heterocycles. The molecule has 14 aromatic rings. The average Bonchev–Trinajstić information content (AvgIpc) is 1.63. The van der Waals surface area contributed by atoms with Crippen molar-refractivity contribution >= 4 is 162 Å². The van der Waals surface area contributed by atoms with Crippen LogP contribution in [0.5, 0.6) is 5.75 Å². The number of ketones is 3. The van der Waals surface area contributed by atoms with Crippen molar-refractivity contribution in [3.63, 3.8) is 0 Å². The number of nitrogens with one attached hydrogen (secondary N) is 2. The fraction of sp³-hybridized carbons (Fsp3) is 0.305. The van der Waals surface area contributed by atoms with E-state index in [2.05, 4.69) is 175 Å². The molecule has 0 radical (unpaired) electrons. The lowest BCUT2D eigenvalue weighted by Gasteiger charge is -2.28. The van der Waals surface area contributed by atoms with E-state index in [-0.39, 0.29) is 23.8 Å². The van der Waals surface area contributed by atoms with Crippen molar-refractivity contribution in [1.29, 1.82) is 0 Å². The number of carboxylic acids is 1. The van der Waals surface area contributed by atoms with E-state index in [0.717, 1.165) is 131 Å². The van der Waals surface area contributed by atoms with Crippen LogP contribution in [0.4, 0.5) is 0 Å². The van der Waals surface area contributed by atoms with E-state index in [4.69, 9.17) is 35.5 Å². The second-order valence-electron chi connectivity index (χ2n) is 33.0. The first-order valence-electron chi connectivity index (χ1n) is 41.8. The van der Waals surface area contributed by atoms with Crippen molar-refractivity contribution in [2.45, 2.75) is 158 Å². The van der Waals surface area contributed by atoms with Gasteiger partial charge in [-0.2, -0.15) is 25.5 Å². The van der Waals surface area contributed by atoms with E-state index < -0.39 is 65.7 Å². The number of Topliss-reactive ketones (excluding diaryl/α,β-unsaturated/α-hetero) is 3. The van der Waals surface area contributed by atoms with E-state index in [1.165, 1.54) is 54.8 Å². The molecule has 4 N–H and O–H groups in total. The summed E-state index contributed by atoms with van der Waals surface area (Å²) in [5, 5.41) is 53.9. The molecular weight excluding hydrogens is 1790 g/mol. The van der Waals surface area contributed by atoms with Crippen LogP contribution in [0, 0.1) is 6.92 Å². The first-order chi connectivity index (χ1) is 59.8. The predicted molar refractivity (Wildman–Crippen MR) is 489 cm³/mol. The van der Waals surface area contributed by atoms with Gasteiger partial charge in [0.25, 0.3) is 17.5 Å². The van der Waals surface area contributed by atoms with Gasteiger partial charge in [-0.3, -0.25) is 43.0 Å². The zero-order valence-corrected chi connectivity index (χ0v) is 74.3. The van der Waals surface area contributed by atoms with Gasteiger partial charge in [-0.25, -0.2) is 9.59 Å². The molecule has 7 aliphatic rings. The van der Waals surface area contributed by atoms with Crippen LogP contribution in [-0.2, 0) is 28.4 Å². The number of likely N-dealkylation sites (tertiary alicyclic amines) is 1. The number of carboxylic acid groups (broad SMARTS) is 1. The summed E-state index contributed by atoms with van der Waals surface area (Å²) in [6.45, 7) is 13.7. The van der Waals surface area contributed by atoms with Gasteiger partial charge in [0.05, 0.1) is 107 Å². The number of aliphatic hydroxyl groups is 1. The van der Waals surface area contributed by atoms with Crippen molar-refractivity contribution in [3.05, 3.63) is 261 Å². The lowest BCUT2D eigenvalue weighted by Crippen LogP contribution is -2.48. The SMILES string of the molecule is Brc1ccc2cn(C3CC3)nc2c1.Brc1ccc2cn[nH]c2c1.Brc1ccc2cnn(C3CC3)c2c1.O=C(N[C@H](CN1CCCC1)[C@H](O)c1ccc(OC2CC2)c(Cl)c1)C(=O)c1ccc(-c2ccc3cnn(C4CC4)c3c2)cc1.O=C(O)C(=O)c1ccc(-c2ccc3cnn(C4CC4)c3c2)cc1.[CH2+]C1(C)OB(c2ccc(C(=O)C(=O)OCC)cc2)OC1(C)C. The van der Waals surface area contributed by atoms with E-state index in [1.807, 2.05) is 94.1 Å². The fourth-order valence-electron chi connectivity index (χ4n) is 14.7. The Morgan fingerprint density at radius 1 is 0.573 bits per heavy atom. The minimum atomic E-state index is -1.44. The van der Waals surface area contributed by atoms with Crippen LogP contribution >= 0.6 is 59.4 Å². The van der Waals surface area contributed by atoms with Gasteiger partial charge in [-0.05, 0) is 205 Å². The Bertz CT molecular complexity index is 6260. The van der Waals surface area contributed by atoms with E-state index in [9.17, 15) is 33.9 Å².